The fourth-order valence-electron chi connectivity index (χ4n) is 1.75. The van der Waals surface area contributed by atoms with Crippen molar-refractivity contribution in [3.8, 4) is 11.6 Å². The van der Waals surface area contributed by atoms with Gasteiger partial charge in [0.2, 0.25) is 5.88 Å². The Morgan fingerprint density at radius 1 is 1.28 bits per heavy atom. The molecule has 1 saturated carbocycles. The highest BCUT2D eigenvalue weighted by molar-refractivity contribution is 5.31. The molecule has 1 aliphatic carbocycles. The minimum absolute atomic E-state index is 0.233. The van der Waals surface area contributed by atoms with Crippen LogP contribution >= 0.6 is 0 Å². The number of hydrogen-bond acceptors (Lipinski definition) is 3. The first kappa shape index (κ1) is 11.1. The lowest BCUT2D eigenvalue weighted by molar-refractivity contribution is 0.456. The van der Waals surface area contributed by atoms with Gasteiger partial charge in [-0.1, -0.05) is 0 Å². The van der Waals surface area contributed by atoms with Crippen LogP contribution in [-0.2, 0) is 0 Å². The van der Waals surface area contributed by atoms with E-state index < -0.39 is 0 Å². The molecule has 0 N–H and O–H groups in total. The van der Waals surface area contributed by atoms with Crippen LogP contribution in [-0.4, -0.2) is 9.97 Å². The molecule has 3 nitrogen and oxygen atoms in total. The average molecular weight is 244 g/mol. The molecule has 0 amide bonds. The van der Waals surface area contributed by atoms with Crippen molar-refractivity contribution in [3.05, 3.63) is 47.7 Å². The molecule has 0 unspecified atom stereocenters. The van der Waals surface area contributed by atoms with Crippen molar-refractivity contribution >= 4 is 0 Å². The summed E-state index contributed by atoms with van der Waals surface area (Å²) in [5.41, 5.74) is 0.559. The molecule has 1 aromatic carbocycles. The molecule has 1 heterocycles. The van der Waals surface area contributed by atoms with E-state index in [1.807, 2.05) is 0 Å². The lowest BCUT2D eigenvalue weighted by Crippen LogP contribution is -1.95. The molecule has 92 valence electrons. The van der Waals surface area contributed by atoms with Gasteiger partial charge in [0.25, 0.3) is 0 Å². The minimum Gasteiger partial charge on any atom is -0.439 e. The fourth-order valence-corrected chi connectivity index (χ4v) is 1.75. The Hall–Kier alpha value is -1.97. The third-order valence-corrected chi connectivity index (χ3v) is 2.94. The summed E-state index contributed by atoms with van der Waals surface area (Å²) >= 11 is 0. The predicted octanol–water partition coefficient (Wildman–Crippen LogP) is 3.59. The first-order valence-corrected chi connectivity index (χ1v) is 5.99. The molecule has 2 aromatic rings. The summed E-state index contributed by atoms with van der Waals surface area (Å²) in [6.45, 7) is 1.71. The Labute approximate surface area is 105 Å². The van der Waals surface area contributed by atoms with E-state index in [0.717, 1.165) is 18.7 Å². The van der Waals surface area contributed by atoms with E-state index >= 15 is 0 Å². The molecule has 1 aliphatic rings. The number of nitrogens with zero attached hydrogens (tertiary/aromatic N) is 2. The second kappa shape index (κ2) is 4.37. The van der Waals surface area contributed by atoms with Crippen LogP contribution in [0.5, 0.6) is 11.6 Å². The number of ether oxygens (including phenoxy) is 1. The van der Waals surface area contributed by atoms with E-state index in [1.165, 1.54) is 6.07 Å². The van der Waals surface area contributed by atoms with Gasteiger partial charge < -0.3 is 4.74 Å². The molecule has 0 bridgehead atoms. The first-order chi connectivity index (χ1) is 8.72. The predicted molar refractivity (Wildman–Crippen MR) is 65.2 cm³/mol. The van der Waals surface area contributed by atoms with Crippen LogP contribution in [0.2, 0.25) is 0 Å². The Morgan fingerprint density at radius 3 is 2.83 bits per heavy atom. The van der Waals surface area contributed by atoms with Gasteiger partial charge in [0, 0.05) is 18.2 Å². The molecule has 1 fully saturated rings. The molecule has 0 radical (unpaired) electrons. The lowest BCUT2D eigenvalue weighted by Gasteiger charge is -2.06. The zero-order chi connectivity index (χ0) is 12.5. The molecule has 0 spiro atoms. The van der Waals surface area contributed by atoms with Gasteiger partial charge in [0.1, 0.15) is 17.4 Å². The molecule has 3 rings (SSSR count). The molecule has 0 aliphatic heterocycles. The van der Waals surface area contributed by atoms with Crippen molar-refractivity contribution in [1.82, 2.24) is 9.97 Å². The van der Waals surface area contributed by atoms with E-state index in [0.29, 0.717) is 23.1 Å². The largest absolute Gasteiger partial charge is 0.439 e. The molecular weight excluding hydrogens is 231 g/mol. The summed E-state index contributed by atoms with van der Waals surface area (Å²) in [6, 6.07) is 6.37. The van der Waals surface area contributed by atoms with Crippen molar-refractivity contribution in [3.63, 3.8) is 0 Å². The summed E-state index contributed by atoms with van der Waals surface area (Å²) in [6.07, 6.45) is 4.00. The Morgan fingerprint density at radius 2 is 2.11 bits per heavy atom. The summed E-state index contributed by atoms with van der Waals surface area (Å²) < 4.78 is 18.7. The molecule has 18 heavy (non-hydrogen) atoms. The zero-order valence-corrected chi connectivity index (χ0v) is 10.1. The third kappa shape index (κ3) is 2.32. The lowest BCUT2D eigenvalue weighted by atomic mass is 10.2. The highest BCUT2D eigenvalue weighted by atomic mass is 19.1. The number of rotatable bonds is 3. The fraction of sp³-hybridized carbons (Fsp3) is 0.286. The van der Waals surface area contributed by atoms with Crippen LogP contribution in [0.3, 0.4) is 0 Å². The number of aromatic nitrogens is 2. The van der Waals surface area contributed by atoms with E-state index in [9.17, 15) is 4.39 Å². The van der Waals surface area contributed by atoms with Crippen LogP contribution in [0.4, 0.5) is 4.39 Å². The number of hydrogen-bond donors (Lipinski definition) is 0. The van der Waals surface area contributed by atoms with Crippen molar-refractivity contribution in [2.75, 3.05) is 0 Å². The highest BCUT2D eigenvalue weighted by Gasteiger charge is 2.26. The Kier molecular flexibility index (Phi) is 2.70. The van der Waals surface area contributed by atoms with Crippen LogP contribution in [0, 0.1) is 12.7 Å². The van der Waals surface area contributed by atoms with Gasteiger partial charge in [-0.25, -0.2) is 9.37 Å². The summed E-state index contributed by atoms with van der Waals surface area (Å²) in [5.74, 6) is 2.20. The molecule has 1 aromatic heterocycles. The van der Waals surface area contributed by atoms with Gasteiger partial charge in [0.15, 0.2) is 0 Å². The average Bonchev–Trinajstić information content (AvgIpc) is 3.18. The second-order valence-corrected chi connectivity index (χ2v) is 4.54. The normalized spacial score (nSPS) is 14.6. The summed E-state index contributed by atoms with van der Waals surface area (Å²) in [7, 11) is 0. The molecule has 4 heteroatoms. The van der Waals surface area contributed by atoms with E-state index in [1.54, 1.807) is 31.3 Å². The standard InChI is InChI=1S/C14H13FN2O/c1-9-8-11(4-5-12(9)15)18-13-6-7-16-14(17-13)10-2-3-10/h4-8,10H,2-3H2,1H3. The molecular formula is C14H13FN2O. The maximum Gasteiger partial charge on any atom is 0.222 e. The van der Waals surface area contributed by atoms with Crippen molar-refractivity contribution in [2.45, 2.75) is 25.7 Å². The highest BCUT2D eigenvalue weighted by Crippen LogP contribution is 2.38. The monoisotopic (exact) mass is 244 g/mol. The first-order valence-electron chi connectivity index (χ1n) is 5.99. The molecule has 0 atom stereocenters. The number of benzene rings is 1. The topological polar surface area (TPSA) is 35.0 Å². The van der Waals surface area contributed by atoms with E-state index in [-0.39, 0.29) is 5.82 Å². The van der Waals surface area contributed by atoms with Gasteiger partial charge in [-0.15, -0.1) is 0 Å². The number of halogens is 1. The zero-order valence-electron chi connectivity index (χ0n) is 10.1. The van der Waals surface area contributed by atoms with Crippen molar-refractivity contribution in [2.24, 2.45) is 0 Å². The SMILES string of the molecule is Cc1cc(Oc2ccnc(C3CC3)n2)ccc1F. The molecule has 0 saturated heterocycles. The Balaban J connectivity index is 1.82. The van der Waals surface area contributed by atoms with Crippen LogP contribution in [0.1, 0.15) is 30.1 Å². The maximum atomic E-state index is 13.1. The van der Waals surface area contributed by atoms with Gasteiger partial charge in [-0.2, -0.15) is 4.98 Å². The van der Waals surface area contributed by atoms with Gasteiger partial charge in [-0.05, 0) is 43.5 Å². The van der Waals surface area contributed by atoms with Gasteiger partial charge >= 0.3 is 0 Å². The number of aryl methyl sites for hydroxylation is 1. The van der Waals surface area contributed by atoms with E-state index in [2.05, 4.69) is 9.97 Å². The van der Waals surface area contributed by atoms with Crippen LogP contribution in [0.15, 0.2) is 30.5 Å². The van der Waals surface area contributed by atoms with Gasteiger partial charge in [-0.3, -0.25) is 0 Å². The smallest absolute Gasteiger partial charge is 0.222 e. The van der Waals surface area contributed by atoms with Crippen molar-refractivity contribution < 1.29 is 9.13 Å². The third-order valence-electron chi connectivity index (χ3n) is 2.94. The Bertz CT molecular complexity index is 582. The van der Waals surface area contributed by atoms with Gasteiger partial charge in [0.05, 0.1) is 0 Å². The summed E-state index contributed by atoms with van der Waals surface area (Å²) in [5, 5.41) is 0. The van der Waals surface area contributed by atoms with Crippen molar-refractivity contribution in [1.29, 1.82) is 0 Å². The van der Waals surface area contributed by atoms with Crippen LogP contribution < -0.4 is 4.74 Å². The second-order valence-electron chi connectivity index (χ2n) is 4.54. The summed E-state index contributed by atoms with van der Waals surface area (Å²) in [4.78, 5) is 8.58. The van der Waals surface area contributed by atoms with E-state index in [4.69, 9.17) is 4.74 Å². The van der Waals surface area contributed by atoms with Crippen LogP contribution in [0.25, 0.3) is 0 Å². The maximum absolute atomic E-state index is 13.1. The quantitative estimate of drug-likeness (QED) is 0.827. The minimum atomic E-state index is -0.233.